The van der Waals surface area contributed by atoms with Gasteiger partial charge in [-0.3, -0.25) is 4.79 Å². The van der Waals surface area contributed by atoms with Gasteiger partial charge in [-0.05, 0) is 31.9 Å². The maximum Gasteiger partial charge on any atom is 0.240 e. The van der Waals surface area contributed by atoms with E-state index in [1.54, 1.807) is 4.90 Å². The van der Waals surface area contributed by atoms with E-state index in [-0.39, 0.29) is 5.91 Å². The Hall–Kier alpha value is -1.42. The lowest BCUT2D eigenvalue weighted by Crippen LogP contribution is -2.49. The van der Waals surface area contributed by atoms with Crippen LogP contribution in [0.3, 0.4) is 0 Å². The van der Waals surface area contributed by atoms with Crippen LogP contribution >= 0.6 is 12.2 Å². The van der Waals surface area contributed by atoms with E-state index in [1.807, 2.05) is 37.3 Å². The number of rotatable bonds is 4. The molecule has 0 radical (unpaired) electrons. The standard InChI is InChI=1S/C15H20N2OS/c1-2-17(12-8-4-3-5-9-12)14(18)15(13(16)19)10-6-7-11-15/h3-5,8-9H,2,6-7,10-11H2,1H3,(H2,16,19). The average molecular weight is 276 g/mol. The Morgan fingerprint density at radius 1 is 1.32 bits per heavy atom. The van der Waals surface area contributed by atoms with Gasteiger partial charge in [0.05, 0.1) is 10.4 Å². The number of amides is 1. The van der Waals surface area contributed by atoms with Crippen molar-refractivity contribution in [1.29, 1.82) is 0 Å². The van der Waals surface area contributed by atoms with Gasteiger partial charge < -0.3 is 10.6 Å². The van der Waals surface area contributed by atoms with Gasteiger partial charge in [-0.15, -0.1) is 0 Å². The van der Waals surface area contributed by atoms with Crippen LogP contribution in [0.1, 0.15) is 32.6 Å². The quantitative estimate of drug-likeness (QED) is 0.860. The fourth-order valence-electron chi connectivity index (χ4n) is 2.85. The van der Waals surface area contributed by atoms with E-state index in [4.69, 9.17) is 18.0 Å². The van der Waals surface area contributed by atoms with Crippen LogP contribution in [0, 0.1) is 5.41 Å². The number of hydrogen-bond donors (Lipinski definition) is 1. The van der Waals surface area contributed by atoms with Gasteiger partial charge in [-0.1, -0.05) is 43.3 Å². The second-order valence-corrected chi connectivity index (χ2v) is 5.48. The molecule has 1 aromatic carbocycles. The van der Waals surface area contributed by atoms with Crippen molar-refractivity contribution in [3.05, 3.63) is 30.3 Å². The summed E-state index contributed by atoms with van der Waals surface area (Å²) in [6.07, 6.45) is 3.61. The summed E-state index contributed by atoms with van der Waals surface area (Å²) in [6, 6.07) is 9.72. The van der Waals surface area contributed by atoms with E-state index in [0.717, 1.165) is 31.4 Å². The van der Waals surface area contributed by atoms with E-state index in [0.29, 0.717) is 11.5 Å². The number of carbonyl (C=O) groups excluding carboxylic acids is 1. The minimum absolute atomic E-state index is 0.0613. The Kier molecular flexibility index (Phi) is 4.20. The molecule has 0 spiro atoms. The second-order valence-electron chi connectivity index (χ2n) is 5.04. The highest BCUT2D eigenvalue weighted by molar-refractivity contribution is 7.80. The number of carbonyl (C=O) groups is 1. The van der Waals surface area contributed by atoms with Gasteiger partial charge in [0.25, 0.3) is 0 Å². The molecule has 3 nitrogen and oxygen atoms in total. The first kappa shape index (κ1) is 14.0. The van der Waals surface area contributed by atoms with Crippen LogP contribution in [-0.4, -0.2) is 17.4 Å². The van der Waals surface area contributed by atoms with E-state index in [2.05, 4.69) is 0 Å². The summed E-state index contributed by atoms with van der Waals surface area (Å²) in [7, 11) is 0. The zero-order valence-corrected chi connectivity index (χ0v) is 12.1. The third kappa shape index (κ3) is 2.50. The van der Waals surface area contributed by atoms with Gasteiger partial charge in [0, 0.05) is 12.2 Å². The molecule has 19 heavy (non-hydrogen) atoms. The highest BCUT2D eigenvalue weighted by Crippen LogP contribution is 2.41. The number of thiocarbonyl (C=S) groups is 1. The molecule has 0 heterocycles. The zero-order valence-electron chi connectivity index (χ0n) is 11.3. The average Bonchev–Trinajstić information content (AvgIpc) is 2.91. The Balaban J connectivity index is 2.33. The van der Waals surface area contributed by atoms with Crippen molar-refractivity contribution in [3.63, 3.8) is 0 Å². The summed E-state index contributed by atoms with van der Waals surface area (Å²) in [5.41, 5.74) is 6.18. The first-order chi connectivity index (χ1) is 9.12. The van der Waals surface area contributed by atoms with Crippen LogP contribution in [-0.2, 0) is 4.79 Å². The largest absolute Gasteiger partial charge is 0.392 e. The molecule has 1 fully saturated rings. The highest BCUT2D eigenvalue weighted by atomic mass is 32.1. The van der Waals surface area contributed by atoms with Crippen molar-refractivity contribution >= 4 is 28.8 Å². The van der Waals surface area contributed by atoms with Crippen molar-refractivity contribution < 1.29 is 4.79 Å². The molecule has 2 N–H and O–H groups in total. The Morgan fingerprint density at radius 3 is 2.37 bits per heavy atom. The zero-order chi connectivity index (χ0) is 13.9. The Bertz CT molecular complexity index is 466. The summed E-state index contributed by atoms with van der Waals surface area (Å²) in [5.74, 6) is 0.0613. The monoisotopic (exact) mass is 276 g/mol. The summed E-state index contributed by atoms with van der Waals surface area (Å²) >= 11 is 5.19. The molecule has 4 heteroatoms. The van der Waals surface area contributed by atoms with Crippen LogP contribution in [0.5, 0.6) is 0 Å². The number of para-hydroxylation sites is 1. The lowest BCUT2D eigenvalue weighted by atomic mass is 9.84. The molecular weight excluding hydrogens is 256 g/mol. The van der Waals surface area contributed by atoms with E-state index in [9.17, 15) is 4.79 Å². The molecule has 0 aliphatic heterocycles. The first-order valence-electron chi connectivity index (χ1n) is 6.79. The maximum atomic E-state index is 12.9. The fourth-order valence-corrected chi connectivity index (χ4v) is 3.15. The van der Waals surface area contributed by atoms with Gasteiger partial charge in [0.2, 0.25) is 5.91 Å². The molecule has 1 aliphatic rings. The predicted molar refractivity (Wildman–Crippen MR) is 82.2 cm³/mol. The van der Waals surface area contributed by atoms with Crippen molar-refractivity contribution in [2.24, 2.45) is 11.1 Å². The molecule has 0 unspecified atom stereocenters. The summed E-state index contributed by atoms with van der Waals surface area (Å²) in [5, 5.41) is 0. The fraction of sp³-hybridized carbons (Fsp3) is 0.467. The molecule has 0 saturated heterocycles. The summed E-state index contributed by atoms with van der Waals surface area (Å²) < 4.78 is 0. The minimum atomic E-state index is -0.624. The summed E-state index contributed by atoms with van der Waals surface area (Å²) in [6.45, 7) is 2.61. The summed E-state index contributed by atoms with van der Waals surface area (Å²) in [4.78, 5) is 15.0. The van der Waals surface area contributed by atoms with Gasteiger partial charge >= 0.3 is 0 Å². The number of hydrogen-bond acceptors (Lipinski definition) is 2. The van der Waals surface area contributed by atoms with E-state index >= 15 is 0 Å². The lowest BCUT2D eigenvalue weighted by molar-refractivity contribution is -0.124. The highest BCUT2D eigenvalue weighted by Gasteiger charge is 2.46. The van der Waals surface area contributed by atoms with Crippen molar-refractivity contribution in [2.75, 3.05) is 11.4 Å². The van der Waals surface area contributed by atoms with Crippen molar-refractivity contribution in [1.82, 2.24) is 0 Å². The number of nitrogens with two attached hydrogens (primary N) is 1. The van der Waals surface area contributed by atoms with Crippen LogP contribution in [0.4, 0.5) is 5.69 Å². The Morgan fingerprint density at radius 2 is 1.89 bits per heavy atom. The van der Waals surface area contributed by atoms with Gasteiger partial charge in [0.15, 0.2) is 0 Å². The van der Waals surface area contributed by atoms with E-state index < -0.39 is 5.41 Å². The van der Waals surface area contributed by atoms with Crippen LogP contribution in [0.2, 0.25) is 0 Å². The van der Waals surface area contributed by atoms with Crippen molar-refractivity contribution in [2.45, 2.75) is 32.6 Å². The molecular formula is C15H20N2OS. The molecule has 2 rings (SSSR count). The van der Waals surface area contributed by atoms with Gasteiger partial charge in [-0.2, -0.15) is 0 Å². The number of nitrogens with zero attached hydrogens (tertiary/aromatic N) is 1. The lowest BCUT2D eigenvalue weighted by Gasteiger charge is -2.33. The van der Waals surface area contributed by atoms with Crippen LogP contribution in [0.25, 0.3) is 0 Å². The smallest absolute Gasteiger partial charge is 0.240 e. The van der Waals surface area contributed by atoms with E-state index in [1.165, 1.54) is 0 Å². The third-order valence-electron chi connectivity index (χ3n) is 3.97. The normalized spacial score (nSPS) is 17.1. The SMILES string of the molecule is CCN(C(=O)C1(C(N)=S)CCCC1)c1ccccc1. The van der Waals surface area contributed by atoms with Gasteiger partial charge in [0.1, 0.15) is 0 Å². The molecule has 0 atom stereocenters. The topological polar surface area (TPSA) is 46.3 Å². The number of benzene rings is 1. The molecule has 1 amide bonds. The minimum Gasteiger partial charge on any atom is -0.392 e. The second kappa shape index (κ2) is 5.70. The molecule has 0 aromatic heterocycles. The molecule has 1 aliphatic carbocycles. The molecule has 1 aromatic rings. The number of anilines is 1. The molecule has 1 saturated carbocycles. The maximum absolute atomic E-state index is 12.9. The first-order valence-corrected chi connectivity index (χ1v) is 7.19. The van der Waals surface area contributed by atoms with Crippen molar-refractivity contribution in [3.8, 4) is 0 Å². The molecule has 102 valence electrons. The third-order valence-corrected chi connectivity index (χ3v) is 4.36. The molecule has 0 bridgehead atoms. The van der Waals surface area contributed by atoms with Gasteiger partial charge in [-0.25, -0.2) is 0 Å². The predicted octanol–water partition coefficient (Wildman–Crippen LogP) is 2.89. The van der Waals surface area contributed by atoms with Crippen LogP contribution in [0.15, 0.2) is 30.3 Å². The van der Waals surface area contributed by atoms with Crippen LogP contribution < -0.4 is 10.6 Å². The Labute approximate surface area is 119 Å².